The van der Waals surface area contributed by atoms with Crippen LogP contribution >= 0.6 is 0 Å². The lowest BCUT2D eigenvalue weighted by atomic mass is 9.55. The normalized spacial score (nSPS) is 33.5. The Labute approximate surface area is 123 Å². The van der Waals surface area contributed by atoms with Gasteiger partial charge in [-0.25, -0.2) is 0 Å². The summed E-state index contributed by atoms with van der Waals surface area (Å²) in [5.41, 5.74) is -0.0960. The molecule has 0 aromatic heterocycles. The first-order valence-electron chi connectivity index (χ1n) is 7.83. The first-order valence-corrected chi connectivity index (χ1v) is 7.83. The third-order valence-corrected chi connectivity index (χ3v) is 6.01. The third kappa shape index (κ3) is 2.60. The number of carbonyl (C=O) groups is 1. The summed E-state index contributed by atoms with van der Waals surface area (Å²) in [5, 5.41) is 3.35. The third-order valence-electron chi connectivity index (χ3n) is 6.01. The average molecular weight is 282 g/mol. The number of piperidine rings is 1. The number of nitrogens with zero attached hydrogens (tertiary/aromatic N) is 1. The Morgan fingerprint density at radius 2 is 1.90 bits per heavy atom. The molecular formula is C16H30N2O2. The molecule has 1 amide bonds. The van der Waals surface area contributed by atoms with Crippen LogP contribution in [0.25, 0.3) is 0 Å². The van der Waals surface area contributed by atoms with Crippen molar-refractivity contribution in [3.8, 4) is 0 Å². The van der Waals surface area contributed by atoms with Gasteiger partial charge in [0.05, 0.1) is 5.60 Å². The fraction of sp³-hybridized carbons (Fsp3) is 0.938. The van der Waals surface area contributed by atoms with Gasteiger partial charge in [0.1, 0.15) is 0 Å². The molecule has 4 nitrogen and oxygen atoms in total. The molecule has 2 aliphatic rings. The lowest BCUT2D eigenvalue weighted by molar-refractivity contribution is -0.207. The molecule has 0 bridgehead atoms. The number of rotatable bonds is 4. The van der Waals surface area contributed by atoms with Crippen LogP contribution in [0.15, 0.2) is 0 Å². The van der Waals surface area contributed by atoms with Crippen molar-refractivity contribution < 1.29 is 9.53 Å². The van der Waals surface area contributed by atoms with Crippen LogP contribution in [0, 0.1) is 11.3 Å². The Bertz CT molecular complexity index is 363. The quantitative estimate of drug-likeness (QED) is 0.858. The molecule has 0 spiro atoms. The zero-order valence-corrected chi connectivity index (χ0v) is 13.7. The van der Waals surface area contributed by atoms with Crippen LogP contribution in [0.4, 0.5) is 0 Å². The van der Waals surface area contributed by atoms with Crippen molar-refractivity contribution in [2.24, 2.45) is 11.3 Å². The number of hydrogen-bond acceptors (Lipinski definition) is 3. The first kappa shape index (κ1) is 15.8. The van der Waals surface area contributed by atoms with Gasteiger partial charge in [0.2, 0.25) is 5.91 Å². The monoisotopic (exact) mass is 282 g/mol. The summed E-state index contributed by atoms with van der Waals surface area (Å²) in [5.74, 6) is 0.858. The second-order valence-electron chi connectivity index (χ2n) is 7.28. The summed E-state index contributed by atoms with van der Waals surface area (Å²) in [6.07, 6.45) is 3.90. The summed E-state index contributed by atoms with van der Waals surface area (Å²) in [7, 11) is 3.74. The van der Waals surface area contributed by atoms with Crippen LogP contribution < -0.4 is 5.32 Å². The SMILES string of the molecule is CO[C@]1(C)C[C@@H](N(C)C(=O)CC2CCNCC2)C1(C)C. The van der Waals surface area contributed by atoms with E-state index >= 15 is 0 Å². The highest BCUT2D eigenvalue weighted by atomic mass is 16.5. The minimum absolute atomic E-state index is 0.0142. The number of carbonyl (C=O) groups excluding carboxylic acids is 1. The predicted molar refractivity (Wildman–Crippen MR) is 80.6 cm³/mol. The molecule has 2 fully saturated rings. The summed E-state index contributed by atoms with van der Waals surface area (Å²) in [4.78, 5) is 14.5. The van der Waals surface area contributed by atoms with E-state index in [1.807, 2.05) is 11.9 Å². The molecule has 4 heteroatoms. The van der Waals surface area contributed by atoms with E-state index in [2.05, 4.69) is 26.1 Å². The van der Waals surface area contributed by atoms with Crippen LogP contribution in [0.1, 0.15) is 46.5 Å². The Morgan fingerprint density at radius 3 is 2.40 bits per heavy atom. The van der Waals surface area contributed by atoms with Gasteiger partial charge >= 0.3 is 0 Å². The summed E-state index contributed by atoms with van der Waals surface area (Å²) in [6.45, 7) is 8.67. The van der Waals surface area contributed by atoms with E-state index in [-0.39, 0.29) is 11.0 Å². The number of hydrogen-bond donors (Lipinski definition) is 1. The highest BCUT2D eigenvalue weighted by molar-refractivity contribution is 5.76. The van der Waals surface area contributed by atoms with Gasteiger partial charge in [-0.05, 0) is 45.2 Å². The number of ether oxygens (including phenoxy) is 1. The van der Waals surface area contributed by atoms with Crippen molar-refractivity contribution in [3.05, 3.63) is 0 Å². The molecule has 1 N–H and O–H groups in total. The second-order valence-corrected chi connectivity index (χ2v) is 7.28. The van der Waals surface area contributed by atoms with Crippen LogP contribution in [0.2, 0.25) is 0 Å². The molecule has 2 atom stereocenters. The maximum Gasteiger partial charge on any atom is 0.222 e. The maximum atomic E-state index is 12.5. The highest BCUT2D eigenvalue weighted by Gasteiger charge is 2.59. The van der Waals surface area contributed by atoms with E-state index in [4.69, 9.17) is 4.74 Å². The van der Waals surface area contributed by atoms with Gasteiger partial charge in [0, 0.05) is 32.0 Å². The maximum absolute atomic E-state index is 12.5. The highest BCUT2D eigenvalue weighted by Crippen LogP contribution is 2.53. The van der Waals surface area contributed by atoms with E-state index in [9.17, 15) is 4.79 Å². The molecule has 1 saturated carbocycles. The standard InChI is InChI=1S/C16H30N2O2/c1-15(2)13(11-16(15,3)20-5)18(4)14(19)10-12-6-8-17-9-7-12/h12-13,17H,6-11H2,1-5H3/t13-,16-/m1/s1. The molecule has 116 valence electrons. The Hall–Kier alpha value is -0.610. The lowest BCUT2D eigenvalue weighted by Gasteiger charge is -2.61. The van der Waals surface area contributed by atoms with Gasteiger partial charge in [-0.1, -0.05) is 13.8 Å². The predicted octanol–water partition coefficient (Wildman–Crippen LogP) is 2.04. The molecule has 1 saturated heterocycles. The number of nitrogens with one attached hydrogen (secondary N) is 1. The van der Waals surface area contributed by atoms with E-state index in [0.29, 0.717) is 24.3 Å². The van der Waals surface area contributed by atoms with Gasteiger partial charge in [0.25, 0.3) is 0 Å². The van der Waals surface area contributed by atoms with Gasteiger partial charge in [-0.2, -0.15) is 0 Å². The van der Waals surface area contributed by atoms with Crippen LogP contribution in [-0.4, -0.2) is 49.7 Å². The molecule has 0 aromatic rings. The van der Waals surface area contributed by atoms with Crippen molar-refractivity contribution in [2.75, 3.05) is 27.2 Å². The fourth-order valence-electron chi connectivity index (χ4n) is 3.73. The zero-order valence-electron chi connectivity index (χ0n) is 13.7. The van der Waals surface area contributed by atoms with Crippen molar-refractivity contribution in [2.45, 2.75) is 58.1 Å². The molecule has 2 rings (SSSR count). The van der Waals surface area contributed by atoms with E-state index in [1.54, 1.807) is 7.11 Å². The Kier molecular flexibility index (Phi) is 4.45. The van der Waals surface area contributed by atoms with Crippen molar-refractivity contribution in [3.63, 3.8) is 0 Å². The van der Waals surface area contributed by atoms with Gasteiger partial charge < -0.3 is 15.0 Å². The number of amides is 1. The Balaban J connectivity index is 1.91. The van der Waals surface area contributed by atoms with Crippen LogP contribution in [0.5, 0.6) is 0 Å². The zero-order chi connectivity index (χ0) is 15.0. The van der Waals surface area contributed by atoms with E-state index < -0.39 is 0 Å². The van der Waals surface area contributed by atoms with Gasteiger partial charge in [-0.3, -0.25) is 4.79 Å². The fourth-order valence-corrected chi connectivity index (χ4v) is 3.73. The van der Waals surface area contributed by atoms with Crippen LogP contribution in [-0.2, 0) is 9.53 Å². The molecule has 1 aliphatic heterocycles. The smallest absolute Gasteiger partial charge is 0.222 e. The van der Waals surface area contributed by atoms with Gasteiger partial charge in [0.15, 0.2) is 0 Å². The molecular weight excluding hydrogens is 252 g/mol. The molecule has 20 heavy (non-hydrogen) atoms. The molecule has 1 heterocycles. The molecule has 0 radical (unpaired) electrons. The van der Waals surface area contributed by atoms with Crippen molar-refractivity contribution >= 4 is 5.91 Å². The minimum Gasteiger partial charge on any atom is -0.378 e. The molecule has 0 aromatic carbocycles. The summed E-state index contributed by atoms with van der Waals surface area (Å²) in [6, 6.07) is 0.293. The summed E-state index contributed by atoms with van der Waals surface area (Å²) >= 11 is 0. The largest absolute Gasteiger partial charge is 0.378 e. The van der Waals surface area contributed by atoms with Gasteiger partial charge in [-0.15, -0.1) is 0 Å². The molecule has 1 aliphatic carbocycles. The van der Waals surface area contributed by atoms with Crippen molar-refractivity contribution in [1.29, 1.82) is 0 Å². The van der Waals surface area contributed by atoms with Crippen molar-refractivity contribution in [1.82, 2.24) is 10.2 Å². The van der Waals surface area contributed by atoms with E-state index in [1.165, 1.54) is 0 Å². The lowest BCUT2D eigenvalue weighted by Crippen LogP contribution is -2.68. The van der Waals surface area contributed by atoms with Crippen LogP contribution in [0.3, 0.4) is 0 Å². The summed E-state index contributed by atoms with van der Waals surface area (Å²) < 4.78 is 5.65. The first-order chi connectivity index (χ1) is 9.32. The topological polar surface area (TPSA) is 41.6 Å². The van der Waals surface area contributed by atoms with E-state index in [0.717, 1.165) is 32.4 Å². The average Bonchev–Trinajstić information content (AvgIpc) is 2.44. The minimum atomic E-state index is -0.110. The number of methoxy groups -OCH3 is 1. The molecule has 0 unspecified atom stereocenters. The second kappa shape index (κ2) is 5.64. The Morgan fingerprint density at radius 1 is 1.30 bits per heavy atom.